The Kier molecular flexibility index (Phi) is 4.81. The largest absolute Gasteiger partial charge is 0.506 e. The molecular formula is C13H16ClN4O4S+. The molecule has 0 aliphatic rings. The van der Waals surface area contributed by atoms with Gasteiger partial charge in [0.1, 0.15) is 23.8 Å². The van der Waals surface area contributed by atoms with Crippen LogP contribution in [0.25, 0.3) is 0 Å². The number of phenols is 1. The van der Waals surface area contributed by atoms with Crippen LogP contribution in [0.4, 0.5) is 11.4 Å². The molecule has 0 aliphatic carbocycles. The number of nitrogens with one attached hydrogen (secondary N) is 2. The predicted molar refractivity (Wildman–Crippen MR) is 85.8 cm³/mol. The molecule has 2 rings (SSSR count). The van der Waals surface area contributed by atoms with Crippen molar-refractivity contribution in [2.24, 2.45) is 7.05 Å². The molecule has 1 heterocycles. The van der Waals surface area contributed by atoms with Crippen molar-refractivity contribution in [1.82, 2.24) is 4.57 Å². The number of halogens is 1. The summed E-state index contributed by atoms with van der Waals surface area (Å²) in [7, 11) is -1.75. The van der Waals surface area contributed by atoms with Crippen molar-refractivity contribution in [2.45, 2.75) is 6.54 Å². The molecule has 0 fully saturated rings. The van der Waals surface area contributed by atoms with Crippen LogP contribution in [-0.2, 0) is 28.4 Å². The number of aromatic hydroxyl groups is 1. The van der Waals surface area contributed by atoms with Crippen molar-refractivity contribution in [2.75, 3.05) is 16.3 Å². The molecule has 0 saturated carbocycles. The lowest BCUT2D eigenvalue weighted by Crippen LogP contribution is -2.25. The number of carbonyl (C=O) groups excluding carboxylic acids is 1. The molecule has 10 heteroatoms. The lowest BCUT2D eigenvalue weighted by molar-refractivity contribution is -0.671. The number of aryl methyl sites for hydroxylation is 1. The van der Waals surface area contributed by atoms with E-state index in [9.17, 15) is 18.3 Å². The average molecular weight is 360 g/mol. The van der Waals surface area contributed by atoms with E-state index in [0.29, 0.717) is 0 Å². The summed E-state index contributed by atoms with van der Waals surface area (Å²) in [5.41, 5.74) is 0.123. The van der Waals surface area contributed by atoms with Crippen LogP contribution in [0, 0.1) is 0 Å². The summed E-state index contributed by atoms with van der Waals surface area (Å²) in [6.07, 6.45) is 6.21. The van der Waals surface area contributed by atoms with E-state index in [-0.39, 0.29) is 34.6 Å². The zero-order chi connectivity index (χ0) is 17.2. The number of sulfonamides is 1. The Morgan fingerprint density at radius 2 is 2.13 bits per heavy atom. The Bertz CT molecular complexity index is 824. The lowest BCUT2D eigenvalue weighted by Gasteiger charge is -2.11. The van der Waals surface area contributed by atoms with Crippen LogP contribution in [0.2, 0.25) is 5.02 Å². The summed E-state index contributed by atoms with van der Waals surface area (Å²) in [5.74, 6) is -0.703. The highest BCUT2D eigenvalue weighted by Crippen LogP contribution is 2.35. The quantitative estimate of drug-likeness (QED) is 0.539. The van der Waals surface area contributed by atoms with Crippen molar-refractivity contribution in [3.05, 3.63) is 35.9 Å². The van der Waals surface area contributed by atoms with E-state index in [0.717, 1.165) is 6.26 Å². The minimum Gasteiger partial charge on any atom is -0.506 e. The summed E-state index contributed by atoms with van der Waals surface area (Å²) in [6, 6.07) is 2.56. The molecule has 2 aromatic rings. The molecule has 3 N–H and O–H groups in total. The summed E-state index contributed by atoms with van der Waals surface area (Å²) in [5, 5.41) is 12.4. The SMILES string of the molecule is C[n+]1ccn(CC(=O)Nc2cc(O)c(NS(C)(=O)=O)c(Cl)c2)c1. The van der Waals surface area contributed by atoms with E-state index in [1.54, 1.807) is 27.9 Å². The predicted octanol–water partition coefficient (Wildman–Crippen LogP) is 0.682. The molecule has 0 unspecified atom stereocenters. The molecule has 0 spiro atoms. The van der Waals surface area contributed by atoms with Crippen molar-refractivity contribution in [1.29, 1.82) is 0 Å². The van der Waals surface area contributed by atoms with Crippen LogP contribution in [0.1, 0.15) is 0 Å². The Morgan fingerprint density at radius 3 is 2.65 bits per heavy atom. The maximum Gasteiger partial charge on any atom is 0.266 e. The summed E-state index contributed by atoms with van der Waals surface area (Å²) >= 11 is 5.94. The summed E-state index contributed by atoms with van der Waals surface area (Å²) in [4.78, 5) is 12.0. The minimum atomic E-state index is -3.58. The third-order valence-electron chi connectivity index (χ3n) is 2.79. The van der Waals surface area contributed by atoms with Gasteiger partial charge in [-0.25, -0.2) is 17.6 Å². The van der Waals surface area contributed by atoms with Gasteiger partial charge in [-0.15, -0.1) is 0 Å². The van der Waals surface area contributed by atoms with Crippen molar-refractivity contribution < 1.29 is 22.9 Å². The van der Waals surface area contributed by atoms with E-state index < -0.39 is 10.0 Å². The molecule has 1 amide bonds. The van der Waals surface area contributed by atoms with Crippen LogP contribution in [0.5, 0.6) is 5.75 Å². The Hall–Kier alpha value is -2.26. The van der Waals surface area contributed by atoms with Gasteiger partial charge in [-0.2, -0.15) is 0 Å². The Morgan fingerprint density at radius 1 is 1.43 bits per heavy atom. The van der Waals surface area contributed by atoms with Gasteiger partial charge >= 0.3 is 0 Å². The molecule has 8 nitrogen and oxygen atoms in total. The third-order valence-corrected chi connectivity index (χ3v) is 3.66. The van der Waals surface area contributed by atoms with Gasteiger partial charge in [-0.3, -0.25) is 9.52 Å². The molecule has 0 aliphatic heterocycles. The fourth-order valence-corrected chi connectivity index (χ4v) is 2.82. The van der Waals surface area contributed by atoms with Gasteiger partial charge < -0.3 is 10.4 Å². The maximum absolute atomic E-state index is 12.0. The second kappa shape index (κ2) is 6.47. The van der Waals surface area contributed by atoms with Crippen molar-refractivity contribution in [3.63, 3.8) is 0 Å². The van der Waals surface area contributed by atoms with E-state index >= 15 is 0 Å². The van der Waals surface area contributed by atoms with Gasteiger partial charge in [0.2, 0.25) is 16.4 Å². The second-order valence-corrected chi connectivity index (χ2v) is 7.18. The van der Waals surface area contributed by atoms with Crippen LogP contribution >= 0.6 is 11.6 Å². The highest BCUT2D eigenvalue weighted by Gasteiger charge is 2.15. The van der Waals surface area contributed by atoms with Crippen LogP contribution in [0.15, 0.2) is 30.9 Å². The molecule has 0 atom stereocenters. The summed E-state index contributed by atoms with van der Waals surface area (Å²) in [6.45, 7) is 0.0859. The molecule has 0 radical (unpaired) electrons. The van der Waals surface area contributed by atoms with E-state index in [1.165, 1.54) is 12.1 Å². The normalized spacial score (nSPS) is 11.3. The number of rotatable bonds is 5. The highest BCUT2D eigenvalue weighted by atomic mass is 35.5. The highest BCUT2D eigenvalue weighted by molar-refractivity contribution is 7.92. The monoisotopic (exact) mass is 359 g/mol. The van der Waals surface area contributed by atoms with Crippen molar-refractivity contribution >= 4 is 38.9 Å². The van der Waals surface area contributed by atoms with Crippen LogP contribution < -0.4 is 14.6 Å². The first-order chi connectivity index (χ1) is 10.6. The number of phenolic OH excluding ortho intramolecular Hbond substituents is 1. The third kappa shape index (κ3) is 4.86. The smallest absolute Gasteiger partial charge is 0.266 e. The number of aromatic nitrogens is 2. The number of hydrogen-bond donors (Lipinski definition) is 3. The number of anilines is 2. The standard InChI is InChI=1S/C13H15ClN4O4S/c1-17-3-4-18(8-17)7-12(20)15-9-5-10(14)13(11(19)6-9)16-23(2,21)22/h3-6,8,16H,7H2,1-2H3,(H-,15,19,20)/p+1. The van der Waals surface area contributed by atoms with Gasteiger partial charge in [-0.05, 0) is 6.07 Å². The molecule has 1 aromatic carbocycles. The van der Waals surface area contributed by atoms with Gasteiger partial charge in [0.05, 0.1) is 18.3 Å². The molecule has 23 heavy (non-hydrogen) atoms. The second-order valence-electron chi connectivity index (χ2n) is 5.03. The Balaban J connectivity index is 2.13. The lowest BCUT2D eigenvalue weighted by atomic mass is 10.2. The number of hydrogen-bond acceptors (Lipinski definition) is 4. The fraction of sp³-hybridized carbons (Fsp3) is 0.231. The molecule has 1 aromatic heterocycles. The Labute approximate surface area is 138 Å². The van der Waals surface area contributed by atoms with E-state index in [1.807, 2.05) is 7.05 Å². The first kappa shape index (κ1) is 17.1. The van der Waals surface area contributed by atoms with Gasteiger partial charge in [0, 0.05) is 11.8 Å². The number of benzene rings is 1. The topological polar surface area (TPSA) is 104 Å². The molecule has 124 valence electrons. The van der Waals surface area contributed by atoms with Gasteiger partial charge in [-0.1, -0.05) is 11.6 Å². The minimum absolute atomic E-state index is 0.0295. The van der Waals surface area contributed by atoms with Gasteiger partial charge in [0.25, 0.3) is 5.91 Å². The van der Waals surface area contributed by atoms with Crippen molar-refractivity contribution in [3.8, 4) is 5.75 Å². The van der Waals surface area contributed by atoms with Crippen LogP contribution in [-0.4, -0.2) is 30.3 Å². The van der Waals surface area contributed by atoms with Crippen LogP contribution in [0.3, 0.4) is 0 Å². The molecule has 0 saturated heterocycles. The summed E-state index contributed by atoms with van der Waals surface area (Å²) < 4.78 is 28.0. The fourth-order valence-electron chi connectivity index (χ4n) is 1.91. The van der Waals surface area contributed by atoms with Gasteiger partial charge in [0.15, 0.2) is 6.54 Å². The maximum atomic E-state index is 12.0. The first-order valence-electron chi connectivity index (χ1n) is 6.45. The first-order valence-corrected chi connectivity index (χ1v) is 8.72. The zero-order valence-corrected chi connectivity index (χ0v) is 14.0. The zero-order valence-electron chi connectivity index (χ0n) is 12.4. The van der Waals surface area contributed by atoms with E-state index in [2.05, 4.69) is 10.0 Å². The average Bonchev–Trinajstić information content (AvgIpc) is 2.78. The molecular weight excluding hydrogens is 344 g/mol. The van der Waals surface area contributed by atoms with E-state index in [4.69, 9.17) is 11.6 Å². The number of amides is 1. The number of nitrogens with zero attached hydrogens (tertiary/aromatic N) is 2. The number of imidazole rings is 1. The number of carbonyl (C=O) groups is 1. The molecule has 0 bridgehead atoms.